The Morgan fingerprint density at radius 3 is 1.80 bits per heavy atom. The molecule has 1 heterocycles. The van der Waals surface area contributed by atoms with Crippen molar-refractivity contribution in [2.75, 3.05) is 6.54 Å². The number of nitrogens with two attached hydrogens (primary N) is 1. The van der Waals surface area contributed by atoms with Gasteiger partial charge >= 0.3 is 7.12 Å². The van der Waals surface area contributed by atoms with Crippen LogP contribution >= 0.6 is 0 Å². The molecular weight excluding hydrogens is 189 g/mol. The predicted octanol–water partition coefficient (Wildman–Crippen LogP) is 2.21. The molecule has 0 unspecified atom stereocenters. The maximum atomic E-state index is 6.00. The molecule has 0 atom stereocenters. The Balaban J connectivity index is 2.78. The van der Waals surface area contributed by atoms with Crippen molar-refractivity contribution in [2.45, 2.75) is 64.5 Å². The topological polar surface area (TPSA) is 44.5 Å². The summed E-state index contributed by atoms with van der Waals surface area (Å²) < 4.78 is 12.0. The van der Waals surface area contributed by atoms with Gasteiger partial charge in [-0.2, -0.15) is 0 Å². The molecule has 1 rings (SSSR count). The average Bonchev–Trinajstić information content (AvgIpc) is 2.21. The van der Waals surface area contributed by atoms with Crippen LogP contribution in [0, 0.1) is 0 Å². The minimum atomic E-state index is -0.246. The predicted molar refractivity (Wildman–Crippen MR) is 63.8 cm³/mol. The summed E-state index contributed by atoms with van der Waals surface area (Å²) in [6, 6.07) is 0. The Labute approximate surface area is 93.8 Å². The molecule has 0 saturated carbocycles. The first-order valence-electron chi connectivity index (χ1n) is 5.68. The minimum absolute atomic E-state index is 0.0280. The van der Waals surface area contributed by atoms with Crippen molar-refractivity contribution in [1.29, 1.82) is 0 Å². The van der Waals surface area contributed by atoms with E-state index < -0.39 is 0 Å². The van der Waals surface area contributed by atoms with Gasteiger partial charge in [-0.15, -0.1) is 0 Å². The van der Waals surface area contributed by atoms with Gasteiger partial charge < -0.3 is 15.0 Å². The van der Waals surface area contributed by atoms with E-state index in [1.807, 2.05) is 0 Å². The highest BCUT2D eigenvalue weighted by molar-refractivity contribution is 6.49. The van der Waals surface area contributed by atoms with Gasteiger partial charge in [-0.25, -0.2) is 0 Å². The Morgan fingerprint density at radius 1 is 1.07 bits per heavy atom. The lowest BCUT2D eigenvalue weighted by Crippen LogP contribution is -2.41. The average molecular weight is 213 g/mol. The van der Waals surface area contributed by atoms with Gasteiger partial charge in [-0.1, -0.05) is 13.8 Å². The normalized spacial score (nSPS) is 24.6. The molecule has 0 bridgehead atoms. The van der Waals surface area contributed by atoms with Gasteiger partial charge in [0.2, 0.25) is 0 Å². The van der Waals surface area contributed by atoms with Crippen molar-refractivity contribution < 1.29 is 9.31 Å². The molecule has 1 fully saturated rings. The largest absolute Gasteiger partial charge is 0.463 e. The molecule has 0 amide bonds. The van der Waals surface area contributed by atoms with E-state index in [2.05, 4.69) is 41.5 Å². The van der Waals surface area contributed by atoms with E-state index in [1.54, 1.807) is 0 Å². The van der Waals surface area contributed by atoms with Gasteiger partial charge in [0.25, 0.3) is 0 Å². The highest BCUT2D eigenvalue weighted by Gasteiger charge is 2.55. The Kier molecular flexibility index (Phi) is 3.26. The molecule has 1 aliphatic rings. The molecular formula is C11H24BNO2. The molecule has 3 nitrogen and oxygen atoms in total. The van der Waals surface area contributed by atoms with Gasteiger partial charge in [-0.3, -0.25) is 0 Å². The lowest BCUT2D eigenvalue weighted by atomic mass is 9.58. The van der Waals surface area contributed by atoms with Crippen LogP contribution in [0.3, 0.4) is 0 Å². The summed E-state index contributed by atoms with van der Waals surface area (Å²) in [5.74, 6) is 0. The van der Waals surface area contributed by atoms with Crippen molar-refractivity contribution in [2.24, 2.45) is 5.73 Å². The van der Waals surface area contributed by atoms with Gasteiger partial charge in [0, 0.05) is 5.31 Å². The zero-order chi connectivity index (χ0) is 11.9. The van der Waals surface area contributed by atoms with Gasteiger partial charge in [0.05, 0.1) is 11.2 Å². The van der Waals surface area contributed by atoms with Crippen LogP contribution in [0.4, 0.5) is 0 Å². The second-order valence-corrected chi connectivity index (χ2v) is 6.12. The molecule has 88 valence electrons. The fraction of sp³-hybridized carbons (Fsp3) is 1.00. The van der Waals surface area contributed by atoms with Crippen molar-refractivity contribution >= 4 is 7.12 Å². The number of hydrogen-bond donors (Lipinski definition) is 1. The number of rotatable bonds is 3. The Morgan fingerprint density at radius 2 is 1.47 bits per heavy atom. The first-order valence-corrected chi connectivity index (χ1v) is 5.68. The first-order chi connectivity index (χ1) is 6.62. The smallest absolute Gasteiger partial charge is 0.403 e. The summed E-state index contributed by atoms with van der Waals surface area (Å²) >= 11 is 0. The zero-order valence-corrected chi connectivity index (χ0v) is 10.9. The molecule has 0 aromatic rings. The Bertz CT molecular complexity index is 223. The summed E-state index contributed by atoms with van der Waals surface area (Å²) in [6.45, 7) is 13.2. The van der Waals surface area contributed by atoms with Gasteiger partial charge in [0.1, 0.15) is 0 Å². The van der Waals surface area contributed by atoms with E-state index in [1.165, 1.54) is 0 Å². The van der Waals surface area contributed by atoms with Crippen molar-refractivity contribution in [1.82, 2.24) is 0 Å². The second kappa shape index (κ2) is 3.76. The van der Waals surface area contributed by atoms with Crippen LogP contribution in [0.2, 0.25) is 5.31 Å². The fourth-order valence-corrected chi connectivity index (χ4v) is 1.65. The van der Waals surface area contributed by atoms with Crippen molar-refractivity contribution in [3.63, 3.8) is 0 Å². The van der Waals surface area contributed by atoms with Gasteiger partial charge in [0.15, 0.2) is 0 Å². The third-order valence-corrected chi connectivity index (χ3v) is 3.68. The zero-order valence-electron chi connectivity index (χ0n) is 10.9. The summed E-state index contributed by atoms with van der Waals surface area (Å²) in [5, 5.41) is -0.0280. The van der Waals surface area contributed by atoms with E-state index in [0.29, 0.717) is 6.54 Å². The first kappa shape index (κ1) is 13.0. The standard InChI is InChI=1S/C11H24BNO2/c1-9(2,7-8-13)12-14-10(3,4)11(5,6)15-12/h7-8,13H2,1-6H3. The van der Waals surface area contributed by atoms with Gasteiger partial charge in [-0.05, 0) is 40.7 Å². The summed E-state index contributed by atoms with van der Waals surface area (Å²) in [7, 11) is -0.161. The van der Waals surface area contributed by atoms with Crippen LogP contribution in [0.1, 0.15) is 48.0 Å². The van der Waals surface area contributed by atoms with Crippen LogP contribution in [0.15, 0.2) is 0 Å². The molecule has 0 aromatic carbocycles. The highest BCUT2D eigenvalue weighted by Crippen LogP contribution is 2.45. The lowest BCUT2D eigenvalue weighted by molar-refractivity contribution is 0.00578. The third kappa shape index (κ3) is 2.37. The molecule has 0 aliphatic carbocycles. The molecule has 4 heteroatoms. The third-order valence-electron chi connectivity index (χ3n) is 3.68. The van der Waals surface area contributed by atoms with E-state index in [9.17, 15) is 0 Å². The van der Waals surface area contributed by atoms with E-state index in [0.717, 1.165) is 6.42 Å². The molecule has 1 aliphatic heterocycles. The molecule has 1 saturated heterocycles. The van der Waals surface area contributed by atoms with Crippen LogP contribution in [0.25, 0.3) is 0 Å². The maximum Gasteiger partial charge on any atom is 0.463 e. The maximum absolute atomic E-state index is 6.00. The quantitative estimate of drug-likeness (QED) is 0.731. The fourth-order valence-electron chi connectivity index (χ4n) is 1.65. The van der Waals surface area contributed by atoms with Crippen molar-refractivity contribution in [3.8, 4) is 0 Å². The summed E-state index contributed by atoms with van der Waals surface area (Å²) in [4.78, 5) is 0. The molecule has 2 N–H and O–H groups in total. The van der Waals surface area contributed by atoms with Crippen LogP contribution in [-0.4, -0.2) is 24.9 Å². The molecule has 0 spiro atoms. The molecule has 0 radical (unpaired) electrons. The lowest BCUT2D eigenvalue weighted by Gasteiger charge is -2.32. The summed E-state index contributed by atoms with van der Waals surface area (Å²) in [6.07, 6.45) is 0.907. The highest BCUT2D eigenvalue weighted by atomic mass is 16.7. The second-order valence-electron chi connectivity index (χ2n) is 6.12. The minimum Gasteiger partial charge on any atom is -0.403 e. The van der Waals surface area contributed by atoms with Crippen LogP contribution in [0.5, 0.6) is 0 Å². The van der Waals surface area contributed by atoms with E-state index >= 15 is 0 Å². The van der Waals surface area contributed by atoms with Crippen LogP contribution in [-0.2, 0) is 9.31 Å². The SMILES string of the molecule is CC(C)(CCN)B1OC(C)(C)C(C)(C)O1. The summed E-state index contributed by atoms with van der Waals surface area (Å²) in [5.41, 5.74) is 5.11. The number of hydrogen-bond acceptors (Lipinski definition) is 3. The van der Waals surface area contributed by atoms with E-state index in [4.69, 9.17) is 15.0 Å². The Hall–Kier alpha value is -0.0551. The van der Waals surface area contributed by atoms with E-state index in [-0.39, 0.29) is 23.6 Å². The van der Waals surface area contributed by atoms with Crippen molar-refractivity contribution in [3.05, 3.63) is 0 Å². The van der Waals surface area contributed by atoms with Crippen LogP contribution < -0.4 is 5.73 Å². The molecule has 0 aromatic heterocycles. The molecule has 15 heavy (non-hydrogen) atoms. The monoisotopic (exact) mass is 213 g/mol.